The molecule has 4 nitrogen and oxygen atoms in total. The molecule has 2 heterocycles. The maximum absolute atomic E-state index is 13.2. The molecule has 2 aromatic carbocycles. The monoisotopic (exact) mass is 474 g/mol. The summed E-state index contributed by atoms with van der Waals surface area (Å²) in [5.41, 5.74) is 1.83. The molecule has 0 aliphatic carbocycles. The summed E-state index contributed by atoms with van der Waals surface area (Å²) in [6, 6.07) is 13.7. The van der Waals surface area contributed by atoms with Crippen LogP contribution in [0.1, 0.15) is 63.1 Å². The van der Waals surface area contributed by atoms with Crippen LogP contribution in [-0.4, -0.2) is 29.5 Å². The van der Waals surface area contributed by atoms with E-state index in [2.05, 4.69) is 30.1 Å². The van der Waals surface area contributed by atoms with Gasteiger partial charge in [0.05, 0.1) is 6.04 Å². The van der Waals surface area contributed by atoms with Crippen molar-refractivity contribution in [3.8, 4) is 5.75 Å². The molecular formula is C26H32Cl2N2O2. The van der Waals surface area contributed by atoms with Crippen molar-refractivity contribution in [2.24, 2.45) is 5.92 Å². The van der Waals surface area contributed by atoms with E-state index in [1.165, 1.54) is 0 Å². The minimum Gasteiger partial charge on any atom is -0.487 e. The Morgan fingerprint density at radius 2 is 1.72 bits per heavy atom. The van der Waals surface area contributed by atoms with E-state index in [0.29, 0.717) is 10.0 Å². The summed E-state index contributed by atoms with van der Waals surface area (Å²) in [5.74, 6) is 1.09. The molecule has 4 rings (SSSR count). The van der Waals surface area contributed by atoms with Gasteiger partial charge in [-0.2, -0.15) is 0 Å². The number of piperidine rings is 1. The fourth-order valence-corrected chi connectivity index (χ4v) is 5.50. The third kappa shape index (κ3) is 4.93. The second-order valence-electron chi connectivity index (χ2n) is 9.05. The van der Waals surface area contributed by atoms with E-state index in [-0.39, 0.29) is 23.5 Å². The fraction of sp³-hybridized carbons (Fsp3) is 0.500. The maximum atomic E-state index is 13.2. The highest BCUT2D eigenvalue weighted by molar-refractivity contribution is 6.35. The molecule has 1 atom stereocenters. The van der Waals surface area contributed by atoms with E-state index in [1.54, 1.807) is 0 Å². The van der Waals surface area contributed by atoms with Gasteiger partial charge in [0.2, 0.25) is 5.91 Å². The highest BCUT2D eigenvalue weighted by Gasteiger charge is 2.39. The lowest BCUT2D eigenvalue weighted by Crippen LogP contribution is -2.47. The normalized spacial score (nSPS) is 20.9. The molecule has 0 unspecified atom stereocenters. The average molecular weight is 475 g/mol. The number of likely N-dealkylation sites (tertiary alicyclic amines) is 1. The second kappa shape index (κ2) is 10.0. The van der Waals surface area contributed by atoms with Crippen LogP contribution in [-0.2, 0) is 11.3 Å². The molecule has 0 saturated carbocycles. The number of para-hydroxylation sites is 1. The van der Waals surface area contributed by atoms with Gasteiger partial charge < -0.3 is 10.1 Å². The number of fused-ring (bicyclic) bond motifs is 1. The van der Waals surface area contributed by atoms with Crippen LogP contribution in [0.4, 0.5) is 0 Å². The number of benzene rings is 2. The molecule has 1 N–H and O–H groups in total. The van der Waals surface area contributed by atoms with Crippen molar-refractivity contribution in [1.29, 1.82) is 0 Å². The molecule has 1 saturated heterocycles. The maximum Gasteiger partial charge on any atom is 0.223 e. The van der Waals surface area contributed by atoms with Gasteiger partial charge in [0.25, 0.3) is 0 Å². The van der Waals surface area contributed by atoms with Gasteiger partial charge >= 0.3 is 0 Å². The molecule has 32 heavy (non-hydrogen) atoms. The predicted octanol–water partition coefficient (Wildman–Crippen LogP) is 6.40. The third-order valence-corrected chi connectivity index (χ3v) is 7.91. The van der Waals surface area contributed by atoms with E-state index >= 15 is 0 Å². The van der Waals surface area contributed by atoms with Crippen molar-refractivity contribution < 1.29 is 9.53 Å². The Morgan fingerprint density at radius 1 is 1.06 bits per heavy atom. The minimum atomic E-state index is -0.218. The number of rotatable bonds is 6. The van der Waals surface area contributed by atoms with Crippen molar-refractivity contribution in [3.05, 3.63) is 63.6 Å². The van der Waals surface area contributed by atoms with Crippen molar-refractivity contribution in [2.75, 3.05) is 13.1 Å². The molecule has 2 aliphatic rings. The molecule has 1 fully saturated rings. The number of hydrogen-bond acceptors (Lipinski definition) is 3. The predicted molar refractivity (Wildman–Crippen MR) is 130 cm³/mol. The topological polar surface area (TPSA) is 41.6 Å². The van der Waals surface area contributed by atoms with Crippen LogP contribution in [0.15, 0.2) is 42.5 Å². The van der Waals surface area contributed by atoms with Crippen LogP contribution in [0.3, 0.4) is 0 Å². The number of carbonyl (C=O) groups excluding carboxylic acids is 1. The first-order valence-corrected chi connectivity index (χ1v) is 12.4. The highest BCUT2D eigenvalue weighted by atomic mass is 35.5. The van der Waals surface area contributed by atoms with Crippen LogP contribution in [0.2, 0.25) is 10.0 Å². The Labute approximate surface area is 201 Å². The number of ether oxygens (including phenoxy) is 1. The van der Waals surface area contributed by atoms with E-state index in [0.717, 1.165) is 68.6 Å². The summed E-state index contributed by atoms with van der Waals surface area (Å²) in [6.45, 7) is 6.76. The Kier molecular flexibility index (Phi) is 7.34. The first-order chi connectivity index (χ1) is 15.4. The summed E-state index contributed by atoms with van der Waals surface area (Å²) in [7, 11) is 0. The molecule has 6 heteroatoms. The van der Waals surface area contributed by atoms with Crippen LogP contribution in [0.25, 0.3) is 0 Å². The molecule has 0 radical (unpaired) electrons. The van der Waals surface area contributed by atoms with Crippen molar-refractivity contribution >= 4 is 29.1 Å². The van der Waals surface area contributed by atoms with E-state index in [1.807, 2.05) is 36.4 Å². The van der Waals surface area contributed by atoms with Crippen LogP contribution >= 0.6 is 23.2 Å². The number of amides is 1. The lowest BCUT2D eigenvalue weighted by Gasteiger charge is -2.42. The quantitative estimate of drug-likeness (QED) is 0.525. The second-order valence-corrected chi connectivity index (χ2v) is 9.86. The zero-order valence-electron chi connectivity index (χ0n) is 18.9. The summed E-state index contributed by atoms with van der Waals surface area (Å²) < 4.78 is 6.39. The largest absolute Gasteiger partial charge is 0.487 e. The molecular weight excluding hydrogens is 443 g/mol. The summed E-state index contributed by atoms with van der Waals surface area (Å²) >= 11 is 12.7. The minimum absolute atomic E-state index is 0.00712. The van der Waals surface area contributed by atoms with Gasteiger partial charge in [0, 0.05) is 40.1 Å². The number of nitrogens with zero attached hydrogens (tertiary/aromatic N) is 1. The molecule has 2 aliphatic heterocycles. The molecule has 0 spiro atoms. The number of hydrogen-bond donors (Lipinski definition) is 1. The molecule has 172 valence electrons. The lowest BCUT2D eigenvalue weighted by atomic mass is 9.83. The van der Waals surface area contributed by atoms with Crippen LogP contribution in [0, 0.1) is 5.92 Å². The third-order valence-electron chi connectivity index (χ3n) is 7.20. The lowest BCUT2D eigenvalue weighted by molar-refractivity contribution is -0.128. The van der Waals surface area contributed by atoms with E-state index in [9.17, 15) is 4.79 Å². The van der Waals surface area contributed by atoms with Gasteiger partial charge in [0.15, 0.2) is 0 Å². The fourth-order valence-electron chi connectivity index (χ4n) is 4.98. The molecule has 0 aromatic heterocycles. The Hall–Kier alpha value is -1.75. The zero-order valence-corrected chi connectivity index (χ0v) is 20.4. The molecule has 1 amide bonds. The Balaban J connectivity index is 1.39. The van der Waals surface area contributed by atoms with Gasteiger partial charge in [-0.3, -0.25) is 9.69 Å². The first-order valence-electron chi connectivity index (χ1n) is 11.7. The number of halogens is 2. The van der Waals surface area contributed by atoms with Crippen molar-refractivity contribution in [1.82, 2.24) is 10.2 Å². The standard InChI is InChI=1S/C26H32Cl2N2O2/c1-3-26(4-2)16-23(19-8-5-6-11-24(19)32-26)29-25(31)18-12-14-30(15-13-18)17-20-21(27)9-7-10-22(20)28/h5-11,18,23H,3-4,12-17H2,1-2H3,(H,29,31)/t23-/m1/s1. The van der Waals surface area contributed by atoms with Gasteiger partial charge in [-0.25, -0.2) is 0 Å². The van der Waals surface area contributed by atoms with Crippen molar-refractivity contribution in [3.63, 3.8) is 0 Å². The smallest absolute Gasteiger partial charge is 0.223 e. The van der Waals surface area contributed by atoms with Gasteiger partial charge in [-0.05, 0) is 57.0 Å². The van der Waals surface area contributed by atoms with Crippen LogP contribution < -0.4 is 10.1 Å². The van der Waals surface area contributed by atoms with Crippen molar-refractivity contribution in [2.45, 2.75) is 64.1 Å². The summed E-state index contributed by atoms with van der Waals surface area (Å²) in [6.07, 6.45) is 4.34. The summed E-state index contributed by atoms with van der Waals surface area (Å²) in [5, 5.41) is 4.77. The number of nitrogens with one attached hydrogen (secondary N) is 1. The Morgan fingerprint density at radius 3 is 2.38 bits per heavy atom. The van der Waals surface area contributed by atoms with Gasteiger partial charge in [0.1, 0.15) is 11.4 Å². The van der Waals surface area contributed by atoms with Crippen LogP contribution in [0.5, 0.6) is 5.75 Å². The molecule has 0 bridgehead atoms. The van der Waals surface area contributed by atoms with Gasteiger partial charge in [-0.1, -0.05) is 61.3 Å². The highest BCUT2D eigenvalue weighted by Crippen LogP contribution is 2.42. The first kappa shape index (κ1) is 23.4. The average Bonchev–Trinajstić information content (AvgIpc) is 2.81. The van der Waals surface area contributed by atoms with E-state index < -0.39 is 0 Å². The Bertz CT molecular complexity index is 932. The van der Waals surface area contributed by atoms with E-state index in [4.69, 9.17) is 27.9 Å². The zero-order chi connectivity index (χ0) is 22.7. The number of carbonyl (C=O) groups is 1. The SMILES string of the molecule is CCC1(CC)C[C@@H](NC(=O)C2CCN(Cc3c(Cl)cccc3Cl)CC2)c2ccccc2O1. The van der Waals surface area contributed by atoms with Gasteiger partial charge in [-0.15, -0.1) is 0 Å². The molecule has 2 aromatic rings. The summed E-state index contributed by atoms with van der Waals surface area (Å²) in [4.78, 5) is 15.6.